The molecule has 0 aliphatic carbocycles. The van der Waals surface area contributed by atoms with E-state index >= 15 is 0 Å². The molecular formula is C37H40N2O4S. The van der Waals surface area contributed by atoms with Crippen molar-refractivity contribution in [1.29, 1.82) is 0 Å². The van der Waals surface area contributed by atoms with Crippen molar-refractivity contribution >= 4 is 35.1 Å². The first-order chi connectivity index (χ1) is 21.3. The number of Topliss-reactive ketones (excluding diaryl/α,β-unsaturated/α-hetero) is 1. The summed E-state index contributed by atoms with van der Waals surface area (Å²) in [5.74, 6) is -0.674. The second-order valence-electron chi connectivity index (χ2n) is 10.9. The van der Waals surface area contributed by atoms with Crippen LogP contribution in [0.4, 0.5) is 5.69 Å². The van der Waals surface area contributed by atoms with Crippen LogP contribution in [0.15, 0.2) is 97.1 Å². The van der Waals surface area contributed by atoms with Crippen molar-refractivity contribution in [2.75, 3.05) is 16.9 Å². The third-order valence-electron chi connectivity index (χ3n) is 7.60. The number of rotatable bonds is 15. The van der Waals surface area contributed by atoms with Gasteiger partial charge in [0, 0.05) is 36.3 Å². The number of carbonyl (C=O) groups excluding carboxylic acids is 2. The highest BCUT2D eigenvalue weighted by Gasteiger charge is 2.23. The average molecular weight is 609 g/mol. The first kappa shape index (κ1) is 32.6. The van der Waals surface area contributed by atoms with Crippen molar-refractivity contribution in [3.63, 3.8) is 0 Å². The second kappa shape index (κ2) is 15.9. The molecule has 1 unspecified atom stereocenters. The summed E-state index contributed by atoms with van der Waals surface area (Å²) >= 11 is 1.55. The van der Waals surface area contributed by atoms with Crippen LogP contribution in [0.5, 0.6) is 0 Å². The zero-order valence-electron chi connectivity index (χ0n) is 25.6. The van der Waals surface area contributed by atoms with Gasteiger partial charge < -0.3 is 15.3 Å². The van der Waals surface area contributed by atoms with Crippen molar-refractivity contribution in [2.24, 2.45) is 0 Å². The van der Waals surface area contributed by atoms with Crippen LogP contribution in [-0.4, -0.2) is 40.8 Å². The predicted molar refractivity (Wildman–Crippen MR) is 181 cm³/mol. The lowest BCUT2D eigenvalue weighted by Gasteiger charge is -2.26. The van der Waals surface area contributed by atoms with Crippen LogP contribution in [0.25, 0.3) is 11.1 Å². The van der Waals surface area contributed by atoms with Crippen molar-refractivity contribution in [3.05, 3.63) is 125 Å². The van der Waals surface area contributed by atoms with Gasteiger partial charge in [-0.3, -0.25) is 9.59 Å². The number of hydrogen-bond acceptors (Lipinski definition) is 5. The largest absolute Gasteiger partial charge is 0.480 e. The van der Waals surface area contributed by atoms with E-state index < -0.39 is 17.9 Å². The fraction of sp³-hybridized carbons (Fsp3) is 0.270. The SMILES string of the molecule is CCCC(=O)c1ccc(N(Cc2ccccc2)Cc2ccc(C(=O)NC(CCSC)C(=O)O)c(-c3ccccc3C)c2)cc1. The number of hydrogen-bond donors (Lipinski definition) is 2. The lowest BCUT2D eigenvalue weighted by molar-refractivity contribution is -0.139. The maximum Gasteiger partial charge on any atom is 0.326 e. The molecule has 7 heteroatoms. The molecule has 44 heavy (non-hydrogen) atoms. The minimum Gasteiger partial charge on any atom is -0.480 e. The van der Waals surface area contributed by atoms with Gasteiger partial charge in [-0.2, -0.15) is 11.8 Å². The van der Waals surface area contributed by atoms with Crippen molar-refractivity contribution in [3.8, 4) is 11.1 Å². The summed E-state index contributed by atoms with van der Waals surface area (Å²) in [5, 5.41) is 12.5. The molecule has 4 rings (SSSR count). The van der Waals surface area contributed by atoms with Gasteiger partial charge in [0.25, 0.3) is 5.91 Å². The van der Waals surface area contributed by atoms with Gasteiger partial charge in [0.15, 0.2) is 5.78 Å². The van der Waals surface area contributed by atoms with Gasteiger partial charge in [0.1, 0.15) is 6.04 Å². The van der Waals surface area contributed by atoms with E-state index in [-0.39, 0.29) is 5.78 Å². The Morgan fingerprint density at radius 3 is 2.18 bits per heavy atom. The number of anilines is 1. The van der Waals surface area contributed by atoms with Gasteiger partial charge in [-0.1, -0.05) is 67.6 Å². The first-order valence-electron chi connectivity index (χ1n) is 14.9. The van der Waals surface area contributed by atoms with Crippen LogP contribution in [0, 0.1) is 6.92 Å². The highest BCUT2D eigenvalue weighted by Crippen LogP contribution is 2.30. The number of amides is 1. The van der Waals surface area contributed by atoms with E-state index in [4.69, 9.17) is 0 Å². The van der Waals surface area contributed by atoms with Crippen LogP contribution < -0.4 is 10.2 Å². The highest BCUT2D eigenvalue weighted by atomic mass is 32.2. The summed E-state index contributed by atoms with van der Waals surface area (Å²) in [7, 11) is 0. The van der Waals surface area contributed by atoms with Crippen LogP contribution in [0.2, 0.25) is 0 Å². The summed E-state index contributed by atoms with van der Waals surface area (Å²) in [5.41, 5.74) is 6.98. The molecule has 0 spiro atoms. The Morgan fingerprint density at radius 1 is 0.841 bits per heavy atom. The molecule has 2 N–H and O–H groups in total. The lowest BCUT2D eigenvalue weighted by atomic mass is 9.93. The molecule has 6 nitrogen and oxygen atoms in total. The molecule has 0 fully saturated rings. The Labute approximate surface area is 264 Å². The molecular weight excluding hydrogens is 568 g/mol. The molecule has 0 aliphatic heterocycles. The summed E-state index contributed by atoms with van der Waals surface area (Å²) < 4.78 is 0. The summed E-state index contributed by atoms with van der Waals surface area (Å²) in [4.78, 5) is 40.1. The van der Waals surface area contributed by atoms with E-state index in [1.165, 1.54) is 0 Å². The van der Waals surface area contributed by atoms with E-state index in [2.05, 4.69) is 22.3 Å². The fourth-order valence-electron chi connectivity index (χ4n) is 5.21. The van der Waals surface area contributed by atoms with Crippen molar-refractivity contribution in [1.82, 2.24) is 5.32 Å². The zero-order valence-corrected chi connectivity index (χ0v) is 26.4. The van der Waals surface area contributed by atoms with E-state index in [1.54, 1.807) is 17.8 Å². The van der Waals surface area contributed by atoms with Gasteiger partial charge >= 0.3 is 5.97 Å². The normalized spacial score (nSPS) is 11.5. The van der Waals surface area contributed by atoms with Crippen molar-refractivity contribution < 1.29 is 19.5 Å². The molecule has 0 heterocycles. The molecule has 0 saturated heterocycles. The number of nitrogens with zero attached hydrogens (tertiary/aromatic N) is 1. The van der Waals surface area contributed by atoms with Gasteiger partial charge in [-0.05, 0) is 96.0 Å². The fourth-order valence-corrected chi connectivity index (χ4v) is 5.68. The Kier molecular flexibility index (Phi) is 11.8. The molecule has 0 aliphatic rings. The smallest absolute Gasteiger partial charge is 0.326 e. The van der Waals surface area contributed by atoms with Crippen molar-refractivity contribution in [2.45, 2.75) is 52.2 Å². The van der Waals surface area contributed by atoms with Crippen LogP contribution in [0.1, 0.15) is 63.6 Å². The number of thioether (sulfide) groups is 1. The van der Waals surface area contributed by atoms with Crippen LogP contribution >= 0.6 is 11.8 Å². The monoisotopic (exact) mass is 608 g/mol. The number of nitrogens with one attached hydrogen (secondary N) is 1. The number of carboxylic acids is 1. The topological polar surface area (TPSA) is 86.7 Å². The molecule has 0 radical (unpaired) electrons. The number of aryl methyl sites for hydroxylation is 1. The predicted octanol–water partition coefficient (Wildman–Crippen LogP) is 7.79. The summed E-state index contributed by atoms with van der Waals surface area (Å²) in [6, 6.07) is 30.7. The zero-order chi connectivity index (χ0) is 31.5. The van der Waals surface area contributed by atoms with Crippen LogP contribution in [0.3, 0.4) is 0 Å². The molecule has 1 amide bonds. The third kappa shape index (κ3) is 8.60. The van der Waals surface area contributed by atoms with Gasteiger partial charge in [0.2, 0.25) is 0 Å². The standard InChI is InChI=1S/C37H40N2O4S/c1-4-10-35(40)29-16-18-30(19-17-29)39(24-27-12-6-5-7-13-27)25-28-15-20-32(33(23-28)31-14-9-8-11-26(31)2)36(41)38-34(37(42)43)21-22-44-3/h5-9,11-20,23,34H,4,10,21-22,24-25H2,1-3H3,(H,38,41)(H,42,43). The minimum atomic E-state index is -1.04. The molecule has 4 aromatic carbocycles. The third-order valence-corrected chi connectivity index (χ3v) is 8.24. The Bertz CT molecular complexity index is 1570. The second-order valence-corrected chi connectivity index (χ2v) is 11.9. The lowest BCUT2D eigenvalue weighted by Crippen LogP contribution is -2.41. The summed E-state index contributed by atoms with van der Waals surface area (Å²) in [6.45, 7) is 5.22. The van der Waals surface area contributed by atoms with Crippen LogP contribution in [-0.2, 0) is 17.9 Å². The maximum absolute atomic E-state index is 13.5. The molecule has 0 bridgehead atoms. The molecule has 0 saturated carbocycles. The molecule has 228 valence electrons. The Morgan fingerprint density at radius 2 is 1.52 bits per heavy atom. The number of carbonyl (C=O) groups is 3. The molecule has 0 aromatic heterocycles. The van der Waals surface area contributed by atoms with Gasteiger partial charge in [0.05, 0.1) is 0 Å². The average Bonchev–Trinajstić information content (AvgIpc) is 3.03. The van der Waals surface area contributed by atoms with E-state index in [0.29, 0.717) is 42.8 Å². The first-order valence-corrected chi connectivity index (χ1v) is 16.3. The molecule has 1 atom stereocenters. The summed E-state index contributed by atoms with van der Waals surface area (Å²) in [6.07, 6.45) is 3.60. The minimum absolute atomic E-state index is 0.143. The Hall–Kier alpha value is -4.36. The highest BCUT2D eigenvalue weighted by molar-refractivity contribution is 7.98. The quantitative estimate of drug-likeness (QED) is 0.134. The maximum atomic E-state index is 13.5. The van der Waals surface area contributed by atoms with E-state index in [9.17, 15) is 19.5 Å². The number of carboxylic acid groups (broad SMARTS) is 1. The van der Waals surface area contributed by atoms with E-state index in [0.717, 1.165) is 39.9 Å². The van der Waals surface area contributed by atoms with Gasteiger partial charge in [-0.15, -0.1) is 0 Å². The Balaban J connectivity index is 1.71. The number of ketones is 1. The van der Waals surface area contributed by atoms with Gasteiger partial charge in [-0.25, -0.2) is 4.79 Å². The molecule has 4 aromatic rings. The number of aliphatic carboxylic acids is 1. The van der Waals surface area contributed by atoms with E-state index in [1.807, 2.05) is 99.0 Å². The number of benzene rings is 4.